The van der Waals surface area contributed by atoms with Crippen molar-refractivity contribution >= 4 is 4.02 Å². The van der Waals surface area contributed by atoms with E-state index in [4.69, 9.17) is 0 Å². The van der Waals surface area contributed by atoms with Crippen LogP contribution in [0, 0.1) is 5.92 Å². The second-order valence-corrected chi connectivity index (χ2v) is 4.22. The predicted molar refractivity (Wildman–Crippen MR) is 31.4 cm³/mol. The summed E-state index contributed by atoms with van der Waals surface area (Å²) in [4.78, 5) is 0. The molecule has 0 aromatic heterocycles. The Labute approximate surface area is 61.3 Å². The number of nitrogens with one attached hydrogen (secondary N) is 1. The molecular formula is C6H11NW. The number of piperidine rings is 1. The average molecular weight is 281 g/mol. The summed E-state index contributed by atoms with van der Waals surface area (Å²) in [6, 6.07) is 0. The van der Waals surface area contributed by atoms with E-state index >= 15 is 0 Å². The minimum absolute atomic E-state index is 0.901. The van der Waals surface area contributed by atoms with Crippen LogP contribution < -0.4 is 5.32 Å². The van der Waals surface area contributed by atoms with Crippen LogP contribution in [0.15, 0.2) is 0 Å². The third kappa shape index (κ3) is 1.79. The summed E-state index contributed by atoms with van der Waals surface area (Å²) in [7, 11) is 0. The van der Waals surface area contributed by atoms with Gasteiger partial charge in [0.25, 0.3) is 0 Å². The molecule has 1 nitrogen and oxygen atoms in total. The predicted octanol–water partition coefficient (Wildman–Crippen LogP) is 0.683. The number of hydrogen-bond donors (Lipinski definition) is 1. The molecule has 1 aliphatic heterocycles. The van der Waals surface area contributed by atoms with E-state index in [1.54, 1.807) is 23.4 Å². The summed E-state index contributed by atoms with van der Waals surface area (Å²) in [6.07, 6.45) is 2.71. The first kappa shape index (κ1) is 6.64. The van der Waals surface area contributed by atoms with Crippen LogP contribution in [-0.2, 0) is 19.4 Å². The maximum absolute atomic E-state index is 3.39. The van der Waals surface area contributed by atoms with Crippen LogP contribution in [-0.4, -0.2) is 10.6 Å². The molecule has 0 saturated carbocycles. The first-order valence-corrected chi connectivity index (χ1v) is 4.52. The molecule has 46 valence electrons. The Morgan fingerprint density at radius 3 is 2.88 bits per heavy atom. The van der Waals surface area contributed by atoms with Gasteiger partial charge in [0.2, 0.25) is 0 Å². The van der Waals surface area contributed by atoms with Gasteiger partial charge in [-0.05, 0) is 0 Å². The van der Waals surface area contributed by atoms with E-state index in [1.165, 1.54) is 19.4 Å². The Hall–Kier alpha value is 0.518. The van der Waals surface area contributed by atoms with Gasteiger partial charge in [-0.1, -0.05) is 0 Å². The van der Waals surface area contributed by atoms with Crippen molar-refractivity contribution in [3.8, 4) is 0 Å². The second kappa shape index (κ2) is 2.89. The Balaban J connectivity index is 2.29. The van der Waals surface area contributed by atoms with Crippen LogP contribution in [0.5, 0.6) is 0 Å². The average Bonchev–Trinajstić information content (AvgIpc) is 1.77. The second-order valence-electron chi connectivity index (χ2n) is 2.45. The first-order chi connectivity index (χ1) is 3.79. The van der Waals surface area contributed by atoms with Gasteiger partial charge in [0.1, 0.15) is 0 Å². The fourth-order valence-corrected chi connectivity index (χ4v) is 1.58. The molecule has 0 aromatic carbocycles. The molecule has 1 rings (SSSR count). The summed E-state index contributed by atoms with van der Waals surface area (Å²) in [5, 5.41) is 3.39. The zero-order chi connectivity index (χ0) is 5.98. The van der Waals surface area contributed by atoms with Crippen molar-refractivity contribution in [1.82, 2.24) is 5.32 Å². The van der Waals surface area contributed by atoms with E-state index in [9.17, 15) is 0 Å². The number of hydrogen-bond acceptors (Lipinski definition) is 1. The Kier molecular flexibility index (Phi) is 2.39. The van der Waals surface area contributed by atoms with Crippen LogP contribution >= 0.6 is 0 Å². The molecular weight excluding hydrogens is 270 g/mol. The summed E-state index contributed by atoms with van der Waals surface area (Å²) >= 11 is 1.62. The molecule has 1 unspecified atom stereocenters. The van der Waals surface area contributed by atoms with E-state index in [0.29, 0.717) is 0 Å². The van der Waals surface area contributed by atoms with E-state index in [1.807, 2.05) is 0 Å². The summed E-state index contributed by atoms with van der Waals surface area (Å²) in [6.45, 7) is 3.51. The van der Waals surface area contributed by atoms with Gasteiger partial charge in [0.15, 0.2) is 0 Å². The van der Waals surface area contributed by atoms with Gasteiger partial charge in [0.05, 0.1) is 0 Å². The SMILES string of the molecule is CC1CC[C](=[W])NC1. The van der Waals surface area contributed by atoms with Gasteiger partial charge in [-0.15, -0.1) is 0 Å². The molecule has 0 aliphatic carbocycles. The Morgan fingerprint density at radius 1 is 1.75 bits per heavy atom. The van der Waals surface area contributed by atoms with Crippen molar-refractivity contribution in [2.75, 3.05) is 6.54 Å². The van der Waals surface area contributed by atoms with E-state index in [2.05, 4.69) is 12.2 Å². The van der Waals surface area contributed by atoms with Crippen molar-refractivity contribution < 1.29 is 19.4 Å². The molecule has 1 atom stereocenters. The summed E-state index contributed by atoms with van der Waals surface area (Å²) in [5.74, 6) is 0.901. The van der Waals surface area contributed by atoms with Crippen LogP contribution in [0.1, 0.15) is 19.8 Å². The zero-order valence-electron chi connectivity index (χ0n) is 5.11. The fourth-order valence-electron chi connectivity index (χ4n) is 0.856. The van der Waals surface area contributed by atoms with Gasteiger partial charge in [-0.25, -0.2) is 0 Å². The van der Waals surface area contributed by atoms with Crippen LogP contribution in [0.4, 0.5) is 0 Å². The monoisotopic (exact) mass is 281 g/mol. The molecule has 1 N–H and O–H groups in total. The zero-order valence-corrected chi connectivity index (χ0v) is 8.04. The van der Waals surface area contributed by atoms with Crippen LogP contribution in [0.3, 0.4) is 0 Å². The van der Waals surface area contributed by atoms with Gasteiger partial charge in [0, 0.05) is 0 Å². The quantitative estimate of drug-likeness (QED) is 0.688. The Morgan fingerprint density at radius 2 is 2.50 bits per heavy atom. The van der Waals surface area contributed by atoms with Gasteiger partial charge in [-0.3, -0.25) is 0 Å². The van der Waals surface area contributed by atoms with E-state index in [-0.39, 0.29) is 0 Å². The molecule has 0 radical (unpaired) electrons. The van der Waals surface area contributed by atoms with Crippen molar-refractivity contribution in [2.45, 2.75) is 19.8 Å². The molecule has 8 heavy (non-hydrogen) atoms. The molecule has 1 fully saturated rings. The van der Waals surface area contributed by atoms with E-state index in [0.717, 1.165) is 5.92 Å². The van der Waals surface area contributed by atoms with Crippen molar-refractivity contribution in [2.24, 2.45) is 5.92 Å². The molecule has 1 saturated heterocycles. The maximum atomic E-state index is 3.39. The third-order valence-electron chi connectivity index (χ3n) is 1.51. The number of rotatable bonds is 0. The molecule has 0 spiro atoms. The third-order valence-corrected chi connectivity index (χ3v) is 2.76. The fraction of sp³-hybridized carbons (Fsp3) is 0.833. The van der Waals surface area contributed by atoms with Crippen LogP contribution in [0.2, 0.25) is 0 Å². The van der Waals surface area contributed by atoms with Crippen LogP contribution in [0.25, 0.3) is 0 Å². The molecule has 1 heterocycles. The molecule has 2 heteroatoms. The van der Waals surface area contributed by atoms with Crippen molar-refractivity contribution in [3.05, 3.63) is 0 Å². The summed E-state index contributed by atoms with van der Waals surface area (Å²) in [5.41, 5.74) is 0. The van der Waals surface area contributed by atoms with Gasteiger partial charge in [-0.2, -0.15) is 0 Å². The molecule has 0 aromatic rings. The topological polar surface area (TPSA) is 12.0 Å². The van der Waals surface area contributed by atoms with Crippen molar-refractivity contribution in [1.29, 1.82) is 0 Å². The minimum atomic E-state index is 0.901. The first-order valence-electron chi connectivity index (χ1n) is 3.06. The van der Waals surface area contributed by atoms with Crippen molar-refractivity contribution in [3.63, 3.8) is 0 Å². The van der Waals surface area contributed by atoms with Gasteiger partial charge < -0.3 is 0 Å². The normalized spacial score (nSPS) is 30.6. The molecule has 1 aliphatic rings. The molecule has 0 amide bonds. The molecule has 0 bridgehead atoms. The standard InChI is InChI=1S/C6H11N.W/c1-6-3-2-4-7-5-6;/h6-7H,2-3,5H2,1H3;. The van der Waals surface area contributed by atoms with Gasteiger partial charge >= 0.3 is 60.9 Å². The summed E-state index contributed by atoms with van der Waals surface area (Å²) < 4.78 is 1.54. The van der Waals surface area contributed by atoms with E-state index < -0.39 is 0 Å². The Bertz CT molecular complexity index is 90.7.